The van der Waals surface area contributed by atoms with Gasteiger partial charge >= 0.3 is 12.1 Å². The number of aryl methyl sites for hydroxylation is 1. The van der Waals surface area contributed by atoms with E-state index in [1.807, 2.05) is 0 Å². The lowest BCUT2D eigenvalue weighted by Gasteiger charge is -2.20. The van der Waals surface area contributed by atoms with Gasteiger partial charge in [-0.15, -0.1) is 0 Å². The fraction of sp³-hybridized carbons (Fsp3) is 0.545. The molecule has 0 fully saturated rings. The van der Waals surface area contributed by atoms with E-state index in [4.69, 9.17) is 9.52 Å². The molecule has 0 aliphatic carbocycles. The van der Waals surface area contributed by atoms with Gasteiger partial charge in [0.2, 0.25) is 0 Å². The molecule has 7 heteroatoms. The smallest absolute Gasteiger partial charge is 0.401 e. The fourth-order valence-corrected chi connectivity index (χ4v) is 1.59. The first-order chi connectivity index (χ1) is 8.23. The van der Waals surface area contributed by atoms with Crippen molar-refractivity contribution >= 4 is 5.97 Å². The van der Waals surface area contributed by atoms with Gasteiger partial charge in [0.25, 0.3) is 0 Å². The summed E-state index contributed by atoms with van der Waals surface area (Å²) >= 11 is 0. The molecule has 4 nitrogen and oxygen atoms in total. The molecule has 1 aromatic rings. The summed E-state index contributed by atoms with van der Waals surface area (Å²) in [5.41, 5.74) is -0.0203. The highest BCUT2D eigenvalue weighted by atomic mass is 19.4. The monoisotopic (exact) mass is 265 g/mol. The molecule has 0 aliphatic heterocycles. The lowest BCUT2D eigenvalue weighted by Crippen LogP contribution is -2.33. The number of rotatable bonds is 5. The third-order valence-electron chi connectivity index (χ3n) is 2.43. The first-order valence-electron chi connectivity index (χ1n) is 5.34. The summed E-state index contributed by atoms with van der Waals surface area (Å²) in [7, 11) is 0. The van der Waals surface area contributed by atoms with Crippen molar-refractivity contribution in [2.45, 2.75) is 26.6 Å². The van der Waals surface area contributed by atoms with Crippen LogP contribution in [0.5, 0.6) is 0 Å². The predicted octanol–water partition coefficient (Wildman–Crippen LogP) is 2.67. The highest BCUT2D eigenvalue weighted by Crippen LogP contribution is 2.20. The Kier molecular flexibility index (Phi) is 4.39. The molecule has 1 N–H and O–H groups in total. The number of hydrogen-bond donors (Lipinski definition) is 1. The number of nitrogens with zero attached hydrogens (tertiary/aromatic N) is 1. The molecular formula is C11H14F3NO3. The van der Waals surface area contributed by atoms with Gasteiger partial charge in [-0.2, -0.15) is 13.2 Å². The van der Waals surface area contributed by atoms with Gasteiger partial charge < -0.3 is 9.52 Å². The quantitative estimate of drug-likeness (QED) is 0.889. The van der Waals surface area contributed by atoms with E-state index in [1.165, 1.54) is 13.0 Å². The van der Waals surface area contributed by atoms with Crippen LogP contribution in [0.1, 0.15) is 28.8 Å². The van der Waals surface area contributed by atoms with E-state index in [0.717, 1.165) is 4.90 Å². The highest BCUT2D eigenvalue weighted by molar-refractivity contribution is 5.88. The van der Waals surface area contributed by atoms with Crippen LogP contribution >= 0.6 is 0 Å². The molecule has 0 saturated heterocycles. The molecular weight excluding hydrogens is 251 g/mol. The third kappa shape index (κ3) is 4.06. The van der Waals surface area contributed by atoms with Crippen LogP contribution in [0.25, 0.3) is 0 Å². The molecule has 18 heavy (non-hydrogen) atoms. The van der Waals surface area contributed by atoms with E-state index < -0.39 is 18.7 Å². The van der Waals surface area contributed by atoms with Crippen molar-refractivity contribution in [3.63, 3.8) is 0 Å². The SMILES string of the molecule is CCN(Cc1cc(C(=O)O)c(C)o1)CC(F)(F)F. The lowest BCUT2D eigenvalue weighted by atomic mass is 10.2. The number of furan rings is 1. The average Bonchev–Trinajstić information content (AvgIpc) is 2.56. The van der Waals surface area contributed by atoms with Crippen molar-refractivity contribution in [1.82, 2.24) is 4.90 Å². The minimum absolute atomic E-state index is 0.0203. The number of alkyl halides is 3. The molecule has 0 unspecified atom stereocenters. The minimum atomic E-state index is -4.28. The molecule has 102 valence electrons. The molecule has 0 aromatic carbocycles. The van der Waals surface area contributed by atoms with E-state index in [2.05, 4.69) is 0 Å². The number of hydrogen-bond acceptors (Lipinski definition) is 3. The van der Waals surface area contributed by atoms with Crippen LogP contribution in [0.15, 0.2) is 10.5 Å². The summed E-state index contributed by atoms with van der Waals surface area (Å²) in [6.45, 7) is 2.14. The molecule has 0 saturated carbocycles. The maximum absolute atomic E-state index is 12.2. The molecule has 0 aliphatic rings. The normalized spacial score (nSPS) is 12.1. The zero-order valence-corrected chi connectivity index (χ0v) is 10.0. The lowest BCUT2D eigenvalue weighted by molar-refractivity contribution is -0.147. The third-order valence-corrected chi connectivity index (χ3v) is 2.43. The molecule has 1 heterocycles. The maximum atomic E-state index is 12.2. The van der Waals surface area contributed by atoms with Crippen LogP contribution < -0.4 is 0 Å². The van der Waals surface area contributed by atoms with Crippen LogP contribution in [0.4, 0.5) is 13.2 Å². The summed E-state index contributed by atoms with van der Waals surface area (Å²) in [6.07, 6.45) is -4.28. The number of carbonyl (C=O) groups is 1. The summed E-state index contributed by atoms with van der Waals surface area (Å²) in [4.78, 5) is 11.9. The van der Waals surface area contributed by atoms with Gasteiger partial charge in [-0.3, -0.25) is 4.90 Å². The zero-order valence-electron chi connectivity index (χ0n) is 10.0. The summed E-state index contributed by atoms with van der Waals surface area (Å²) in [5.74, 6) is -0.738. The molecule has 0 radical (unpaired) electrons. The number of halogens is 3. The highest BCUT2D eigenvalue weighted by Gasteiger charge is 2.30. The molecule has 0 atom stereocenters. The second-order valence-electron chi connectivity index (χ2n) is 3.91. The van der Waals surface area contributed by atoms with Crippen LogP contribution in [-0.4, -0.2) is 35.2 Å². The molecule has 0 spiro atoms. The van der Waals surface area contributed by atoms with E-state index in [1.54, 1.807) is 6.92 Å². The first-order valence-corrected chi connectivity index (χ1v) is 5.34. The number of carboxylic acid groups (broad SMARTS) is 1. The van der Waals surface area contributed by atoms with Crippen molar-refractivity contribution in [3.8, 4) is 0 Å². The van der Waals surface area contributed by atoms with Crippen LogP contribution in [0.3, 0.4) is 0 Å². The number of aromatic carboxylic acids is 1. The van der Waals surface area contributed by atoms with E-state index in [9.17, 15) is 18.0 Å². The van der Waals surface area contributed by atoms with Gasteiger partial charge in [0.05, 0.1) is 13.1 Å². The van der Waals surface area contributed by atoms with Gasteiger partial charge in [0.1, 0.15) is 17.1 Å². The number of carboxylic acids is 1. The second-order valence-corrected chi connectivity index (χ2v) is 3.91. The van der Waals surface area contributed by atoms with E-state index >= 15 is 0 Å². The largest absolute Gasteiger partial charge is 0.478 e. The van der Waals surface area contributed by atoms with Gasteiger partial charge in [-0.1, -0.05) is 6.92 Å². The molecule has 0 amide bonds. The van der Waals surface area contributed by atoms with Gasteiger partial charge in [0.15, 0.2) is 0 Å². The average molecular weight is 265 g/mol. The standard InChI is InChI=1S/C11H14F3NO3/c1-3-15(6-11(12,13)14)5-8-4-9(10(16)17)7(2)18-8/h4H,3,5-6H2,1-2H3,(H,16,17). The Morgan fingerprint density at radius 3 is 2.50 bits per heavy atom. The Bertz CT molecular complexity index is 426. The Hall–Kier alpha value is -1.50. The van der Waals surface area contributed by atoms with Crippen molar-refractivity contribution in [2.75, 3.05) is 13.1 Å². The van der Waals surface area contributed by atoms with Crippen molar-refractivity contribution in [1.29, 1.82) is 0 Å². The summed E-state index contributed by atoms with van der Waals surface area (Å²) in [5, 5.41) is 8.80. The van der Waals surface area contributed by atoms with Crippen molar-refractivity contribution < 1.29 is 27.5 Å². The topological polar surface area (TPSA) is 53.7 Å². The Morgan fingerprint density at radius 2 is 2.11 bits per heavy atom. The van der Waals surface area contributed by atoms with E-state index in [-0.39, 0.29) is 30.2 Å². The van der Waals surface area contributed by atoms with Crippen LogP contribution in [0.2, 0.25) is 0 Å². The molecule has 1 rings (SSSR count). The zero-order chi connectivity index (χ0) is 13.9. The predicted molar refractivity (Wildman–Crippen MR) is 57.4 cm³/mol. The van der Waals surface area contributed by atoms with Crippen molar-refractivity contribution in [3.05, 3.63) is 23.2 Å². The van der Waals surface area contributed by atoms with Crippen LogP contribution in [-0.2, 0) is 6.54 Å². The first kappa shape index (κ1) is 14.6. The van der Waals surface area contributed by atoms with Gasteiger partial charge in [-0.05, 0) is 19.5 Å². The van der Waals surface area contributed by atoms with Crippen molar-refractivity contribution in [2.24, 2.45) is 0 Å². The Labute approximate surface area is 102 Å². The summed E-state index contributed by atoms with van der Waals surface area (Å²) in [6, 6.07) is 1.26. The van der Waals surface area contributed by atoms with E-state index in [0.29, 0.717) is 0 Å². The molecule has 1 aromatic heterocycles. The minimum Gasteiger partial charge on any atom is -0.478 e. The Morgan fingerprint density at radius 1 is 1.50 bits per heavy atom. The molecule has 0 bridgehead atoms. The Balaban J connectivity index is 2.76. The van der Waals surface area contributed by atoms with Crippen LogP contribution in [0, 0.1) is 6.92 Å². The second kappa shape index (κ2) is 5.43. The summed E-state index contributed by atoms with van der Waals surface area (Å²) < 4.78 is 41.9. The fourth-order valence-electron chi connectivity index (χ4n) is 1.59. The van der Waals surface area contributed by atoms with Gasteiger partial charge in [-0.25, -0.2) is 4.79 Å². The van der Waals surface area contributed by atoms with Gasteiger partial charge in [0, 0.05) is 0 Å². The maximum Gasteiger partial charge on any atom is 0.401 e.